The zero-order valence-electron chi connectivity index (χ0n) is 21.7. The predicted molar refractivity (Wildman–Crippen MR) is 147 cm³/mol. The summed E-state index contributed by atoms with van der Waals surface area (Å²) in [7, 11) is 0. The molecule has 1 aliphatic rings. The lowest BCUT2D eigenvalue weighted by Gasteiger charge is -2.30. The number of nitrogens with zero attached hydrogens (tertiary/aromatic N) is 3. The molecule has 7 nitrogen and oxygen atoms in total. The van der Waals surface area contributed by atoms with Crippen LogP contribution in [-0.2, 0) is 4.79 Å². The maximum atomic E-state index is 13.8. The Kier molecular flexibility index (Phi) is 8.36. The molecule has 0 radical (unpaired) electrons. The Morgan fingerprint density at radius 2 is 1.94 bits per heavy atom. The van der Waals surface area contributed by atoms with Crippen molar-refractivity contribution in [3.8, 4) is 5.75 Å². The normalized spacial score (nSPS) is 14.9. The van der Waals surface area contributed by atoms with E-state index in [0.29, 0.717) is 23.3 Å². The van der Waals surface area contributed by atoms with Gasteiger partial charge in [0, 0.05) is 22.7 Å². The number of anilines is 2. The van der Waals surface area contributed by atoms with E-state index in [1.165, 1.54) is 0 Å². The first kappa shape index (κ1) is 25.8. The third-order valence-electron chi connectivity index (χ3n) is 6.11. The minimum atomic E-state index is -0.478. The average molecular weight is 506 g/mol. The van der Waals surface area contributed by atoms with E-state index in [4.69, 9.17) is 14.8 Å². The SMILES string of the molecule is CCCCOc1ccccc1C1C(C(=O)Nc2ccc(C)cc2C)=C(C)Nc2nc(SCCC)nn21. The number of aryl methyl sites for hydroxylation is 2. The fraction of sp³-hybridized carbons (Fsp3) is 0.393. The summed E-state index contributed by atoms with van der Waals surface area (Å²) in [4.78, 5) is 18.6. The number of thioether (sulfide) groups is 1. The molecule has 0 saturated heterocycles. The van der Waals surface area contributed by atoms with Crippen LogP contribution in [0.15, 0.2) is 58.9 Å². The molecule has 1 unspecified atom stereocenters. The number of carbonyl (C=O) groups excluding carboxylic acids is 1. The Labute approximate surface area is 217 Å². The second-order valence-corrected chi connectivity index (χ2v) is 10.2. The molecule has 2 heterocycles. The van der Waals surface area contributed by atoms with Gasteiger partial charge in [-0.05, 0) is 51.3 Å². The number of nitrogens with one attached hydrogen (secondary N) is 2. The van der Waals surface area contributed by atoms with Crippen molar-refractivity contribution in [2.75, 3.05) is 23.0 Å². The zero-order valence-corrected chi connectivity index (χ0v) is 22.5. The molecule has 0 saturated carbocycles. The van der Waals surface area contributed by atoms with E-state index in [1.54, 1.807) is 11.8 Å². The number of fused-ring (bicyclic) bond motifs is 1. The Morgan fingerprint density at radius 1 is 1.14 bits per heavy atom. The Balaban J connectivity index is 1.78. The standard InChI is InChI=1S/C28H35N5O2S/c1-6-8-15-35-23-12-10-9-11-21(23)25-24(26(34)30-22-14-13-18(3)17-19(22)4)20(5)29-27-31-28(32-33(25)27)36-16-7-2/h9-14,17,25H,6-8,15-16H2,1-5H3,(H,30,34)(H,29,31,32). The van der Waals surface area contributed by atoms with E-state index in [2.05, 4.69) is 30.5 Å². The minimum absolute atomic E-state index is 0.177. The van der Waals surface area contributed by atoms with Crippen molar-refractivity contribution in [3.63, 3.8) is 0 Å². The van der Waals surface area contributed by atoms with Gasteiger partial charge in [0.2, 0.25) is 11.1 Å². The molecule has 1 aromatic heterocycles. The molecule has 1 amide bonds. The molecule has 8 heteroatoms. The molecule has 0 aliphatic carbocycles. The molecule has 0 bridgehead atoms. The highest BCUT2D eigenvalue weighted by atomic mass is 32.2. The van der Waals surface area contributed by atoms with Crippen molar-refractivity contribution in [1.29, 1.82) is 0 Å². The molecule has 190 valence electrons. The van der Waals surface area contributed by atoms with E-state index in [0.717, 1.165) is 58.8 Å². The summed E-state index contributed by atoms with van der Waals surface area (Å²) >= 11 is 1.62. The quantitative estimate of drug-likeness (QED) is 0.242. The van der Waals surface area contributed by atoms with Gasteiger partial charge in [-0.3, -0.25) is 4.79 Å². The largest absolute Gasteiger partial charge is 0.493 e. The summed E-state index contributed by atoms with van der Waals surface area (Å²) in [6.45, 7) is 10.9. The van der Waals surface area contributed by atoms with Crippen LogP contribution in [0, 0.1) is 13.8 Å². The van der Waals surface area contributed by atoms with Crippen LogP contribution in [0.1, 0.15) is 62.8 Å². The number of amides is 1. The summed E-state index contributed by atoms with van der Waals surface area (Å²) in [6.07, 6.45) is 3.03. The minimum Gasteiger partial charge on any atom is -0.493 e. The summed E-state index contributed by atoms with van der Waals surface area (Å²) < 4.78 is 8.01. The highest BCUT2D eigenvalue weighted by Gasteiger charge is 2.36. The van der Waals surface area contributed by atoms with Gasteiger partial charge >= 0.3 is 0 Å². The van der Waals surface area contributed by atoms with Crippen molar-refractivity contribution in [3.05, 3.63) is 70.4 Å². The van der Waals surface area contributed by atoms with Crippen LogP contribution in [0.25, 0.3) is 0 Å². The smallest absolute Gasteiger partial charge is 0.255 e. The summed E-state index contributed by atoms with van der Waals surface area (Å²) in [6, 6.07) is 13.5. The number of ether oxygens (including phenoxy) is 1. The van der Waals surface area contributed by atoms with Crippen molar-refractivity contribution in [2.24, 2.45) is 0 Å². The van der Waals surface area contributed by atoms with Crippen LogP contribution in [0.3, 0.4) is 0 Å². The highest BCUT2D eigenvalue weighted by Crippen LogP contribution is 2.40. The number of hydrogen-bond acceptors (Lipinski definition) is 6. The maximum Gasteiger partial charge on any atom is 0.255 e. The van der Waals surface area contributed by atoms with E-state index in [9.17, 15) is 4.79 Å². The van der Waals surface area contributed by atoms with Gasteiger partial charge in [0.25, 0.3) is 5.91 Å². The van der Waals surface area contributed by atoms with E-state index < -0.39 is 6.04 Å². The lowest BCUT2D eigenvalue weighted by Crippen LogP contribution is -2.32. The van der Waals surface area contributed by atoms with Gasteiger partial charge in [0.15, 0.2) is 0 Å². The number of para-hydroxylation sites is 1. The van der Waals surface area contributed by atoms with Crippen molar-refractivity contribution in [2.45, 2.75) is 65.1 Å². The van der Waals surface area contributed by atoms with E-state index in [1.807, 2.05) is 61.9 Å². The summed E-state index contributed by atoms with van der Waals surface area (Å²) in [5.41, 5.74) is 5.19. The van der Waals surface area contributed by atoms with Gasteiger partial charge in [0.05, 0.1) is 12.2 Å². The number of rotatable bonds is 10. The van der Waals surface area contributed by atoms with E-state index in [-0.39, 0.29) is 5.91 Å². The lowest BCUT2D eigenvalue weighted by atomic mass is 9.94. The van der Waals surface area contributed by atoms with Gasteiger partial charge in [-0.1, -0.05) is 67.9 Å². The van der Waals surface area contributed by atoms with Crippen LogP contribution >= 0.6 is 11.8 Å². The highest BCUT2D eigenvalue weighted by molar-refractivity contribution is 7.99. The average Bonchev–Trinajstić information content (AvgIpc) is 3.26. The summed E-state index contributed by atoms with van der Waals surface area (Å²) in [5.74, 6) is 2.13. The van der Waals surface area contributed by atoms with Gasteiger partial charge in [-0.25, -0.2) is 4.68 Å². The maximum absolute atomic E-state index is 13.8. The van der Waals surface area contributed by atoms with Crippen molar-refractivity contribution < 1.29 is 9.53 Å². The summed E-state index contributed by atoms with van der Waals surface area (Å²) in [5, 5.41) is 12.0. The molecular formula is C28H35N5O2S. The number of unbranched alkanes of at least 4 members (excludes halogenated alkanes) is 1. The number of benzene rings is 2. The number of allylic oxidation sites excluding steroid dienone is 1. The van der Waals surface area contributed by atoms with Gasteiger partial charge in [-0.2, -0.15) is 4.98 Å². The van der Waals surface area contributed by atoms with Gasteiger partial charge in [-0.15, -0.1) is 5.10 Å². The Bertz CT molecular complexity index is 1270. The number of hydrogen-bond donors (Lipinski definition) is 2. The third-order valence-corrected chi connectivity index (χ3v) is 7.16. The van der Waals surface area contributed by atoms with Crippen LogP contribution in [-0.4, -0.2) is 33.0 Å². The van der Waals surface area contributed by atoms with Crippen LogP contribution < -0.4 is 15.4 Å². The van der Waals surface area contributed by atoms with Crippen LogP contribution in [0.4, 0.5) is 11.6 Å². The number of carbonyl (C=O) groups is 1. The fourth-order valence-corrected chi connectivity index (χ4v) is 4.96. The fourth-order valence-electron chi connectivity index (χ4n) is 4.28. The van der Waals surface area contributed by atoms with Crippen molar-refractivity contribution >= 4 is 29.3 Å². The molecule has 1 aliphatic heterocycles. The molecule has 0 fully saturated rings. The Morgan fingerprint density at radius 3 is 2.69 bits per heavy atom. The molecule has 36 heavy (non-hydrogen) atoms. The first-order chi connectivity index (χ1) is 17.4. The lowest BCUT2D eigenvalue weighted by molar-refractivity contribution is -0.113. The molecule has 0 spiro atoms. The molecular weight excluding hydrogens is 470 g/mol. The van der Waals surface area contributed by atoms with Crippen molar-refractivity contribution in [1.82, 2.24) is 14.8 Å². The second kappa shape index (κ2) is 11.6. The zero-order chi connectivity index (χ0) is 25.7. The molecule has 4 rings (SSSR count). The monoisotopic (exact) mass is 505 g/mol. The first-order valence-corrected chi connectivity index (χ1v) is 13.6. The third kappa shape index (κ3) is 5.59. The molecule has 2 N–H and O–H groups in total. The molecule has 2 aromatic carbocycles. The second-order valence-electron chi connectivity index (χ2n) is 9.09. The van der Waals surface area contributed by atoms with Crippen LogP contribution in [0.5, 0.6) is 5.75 Å². The van der Waals surface area contributed by atoms with E-state index >= 15 is 0 Å². The van der Waals surface area contributed by atoms with Gasteiger partial charge < -0.3 is 15.4 Å². The predicted octanol–water partition coefficient (Wildman–Crippen LogP) is 6.50. The first-order valence-electron chi connectivity index (χ1n) is 12.6. The molecule has 1 atom stereocenters. The van der Waals surface area contributed by atoms with Gasteiger partial charge in [0.1, 0.15) is 11.8 Å². The topological polar surface area (TPSA) is 81.1 Å². The Hall–Kier alpha value is -3.26. The van der Waals surface area contributed by atoms with Crippen LogP contribution in [0.2, 0.25) is 0 Å². The number of aromatic nitrogens is 3. The molecule has 3 aromatic rings.